The Labute approximate surface area is 171 Å². The smallest absolute Gasteiger partial charge is 0.379 e. The van der Waals surface area contributed by atoms with E-state index in [2.05, 4.69) is 5.92 Å². The summed E-state index contributed by atoms with van der Waals surface area (Å²) in [7, 11) is 0. The second-order valence-corrected chi connectivity index (χ2v) is 5.54. The Morgan fingerprint density at radius 3 is 1.62 bits per heavy atom. The quantitative estimate of drug-likeness (QED) is 0.117. The van der Waals surface area contributed by atoms with Crippen LogP contribution in [0.4, 0.5) is 0 Å². The van der Waals surface area contributed by atoms with Crippen molar-refractivity contribution < 1.29 is 38.0 Å². The van der Waals surface area contributed by atoms with E-state index in [1.165, 1.54) is 0 Å². The van der Waals surface area contributed by atoms with Gasteiger partial charge in [0.2, 0.25) is 0 Å². The number of ether oxygens (including phenoxy) is 6. The van der Waals surface area contributed by atoms with Gasteiger partial charge in [-0.1, -0.05) is 36.3 Å². The van der Waals surface area contributed by atoms with Gasteiger partial charge in [0, 0.05) is 5.56 Å². The molecule has 0 N–H and O–H groups in total. The average molecular weight is 408 g/mol. The van der Waals surface area contributed by atoms with Gasteiger partial charge in [0.25, 0.3) is 5.78 Å². The number of Topliss-reactive ketones (excluding diaryl/α,β-unsaturated/α-hetero) is 1. The van der Waals surface area contributed by atoms with E-state index in [1.54, 1.807) is 30.3 Å². The highest BCUT2D eigenvalue weighted by Crippen LogP contribution is 2.01. The van der Waals surface area contributed by atoms with Gasteiger partial charge in [-0.25, -0.2) is 4.79 Å². The molecule has 29 heavy (non-hydrogen) atoms. The molecule has 0 aliphatic rings. The van der Waals surface area contributed by atoms with Gasteiger partial charge in [-0.2, -0.15) is 0 Å². The first-order chi connectivity index (χ1) is 14.3. The molecule has 1 rings (SSSR count). The molecule has 0 unspecified atom stereocenters. The van der Waals surface area contributed by atoms with Gasteiger partial charge >= 0.3 is 5.97 Å². The molecule has 0 saturated carbocycles. The molecule has 8 nitrogen and oxygen atoms in total. The van der Waals surface area contributed by atoms with E-state index in [0.717, 1.165) is 0 Å². The minimum atomic E-state index is -0.891. The summed E-state index contributed by atoms with van der Waals surface area (Å²) in [5.41, 5.74) is 0.301. The molecule has 0 amide bonds. The van der Waals surface area contributed by atoms with E-state index in [9.17, 15) is 9.59 Å². The number of hydrogen-bond acceptors (Lipinski definition) is 8. The molecular weight excluding hydrogens is 380 g/mol. The summed E-state index contributed by atoms with van der Waals surface area (Å²) in [6.07, 6.45) is 5.04. The van der Waals surface area contributed by atoms with Crippen molar-refractivity contribution in [3.63, 3.8) is 0 Å². The molecular formula is C21H28O8. The van der Waals surface area contributed by atoms with E-state index in [0.29, 0.717) is 65.0 Å². The molecule has 0 heterocycles. The molecule has 0 radical (unpaired) electrons. The van der Waals surface area contributed by atoms with Crippen molar-refractivity contribution in [1.82, 2.24) is 0 Å². The van der Waals surface area contributed by atoms with Crippen LogP contribution in [-0.4, -0.2) is 84.4 Å². The highest BCUT2D eigenvalue weighted by molar-refractivity contribution is 6.40. The van der Waals surface area contributed by atoms with Crippen LogP contribution in [0.5, 0.6) is 0 Å². The van der Waals surface area contributed by atoms with Gasteiger partial charge in [0.15, 0.2) is 0 Å². The fraction of sp³-hybridized carbons (Fsp3) is 0.524. The Morgan fingerprint density at radius 2 is 1.14 bits per heavy atom. The molecule has 0 fully saturated rings. The lowest BCUT2D eigenvalue weighted by Crippen LogP contribution is -2.20. The number of ketones is 1. The lowest BCUT2D eigenvalue weighted by molar-refractivity contribution is -0.139. The van der Waals surface area contributed by atoms with Crippen molar-refractivity contribution in [3.05, 3.63) is 35.9 Å². The monoisotopic (exact) mass is 408 g/mol. The van der Waals surface area contributed by atoms with E-state index in [1.807, 2.05) is 0 Å². The summed E-state index contributed by atoms with van der Waals surface area (Å²) >= 11 is 0. The number of esters is 1. The Balaban J connectivity index is 1.82. The molecule has 0 aliphatic carbocycles. The van der Waals surface area contributed by atoms with Gasteiger partial charge in [-0.05, 0) is 0 Å². The van der Waals surface area contributed by atoms with Crippen molar-refractivity contribution in [2.45, 2.75) is 0 Å². The third-order valence-electron chi connectivity index (χ3n) is 3.36. The van der Waals surface area contributed by atoms with Crippen LogP contribution in [0.25, 0.3) is 0 Å². The zero-order chi connectivity index (χ0) is 21.0. The average Bonchev–Trinajstić information content (AvgIpc) is 2.75. The van der Waals surface area contributed by atoms with Gasteiger partial charge in [0.1, 0.15) is 13.2 Å². The molecule has 160 valence electrons. The molecule has 0 spiro atoms. The third-order valence-corrected chi connectivity index (χ3v) is 3.36. The molecule has 1 aromatic rings. The maximum absolute atomic E-state index is 11.8. The Kier molecular flexibility index (Phi) is 15.2. The SMILES string of the molecule is C#CCOCCOCCOCCOCCOCCOC(=O)C(=O)c1ccccc1. The van der Waals surface area contributed by atoms with Crippen LogP contribution >= 0.6 is 0 Å². The van der Waals surface area contributed by atoms with Gasteiger partial charge in [-0.3, -0.25) is 4.79 Å². The molecule has 0 atom stereocenters. The van der Waals surface area contributed by atoms with E-state index < -0.39 is 11.8 Å². The van der Waals surface area contributed by atoms with E-state index in [4.69, 9.17) is 34.8 Å². The summed E-state index contributed by atoms with van der Waals surface area (Å²) in [6.45, 7) is 4.03. The van der Waals surface area contributed by atoms with Crippen LogP contribution in [-0.2, 0) is 33.2 Å². The zero-order valence-electron chi connectivity index (χ0n) is 16.5. The summed E-state index contributed by atoms with van der Waals surface area (Å²) in [5, 5.41) is 0. The number of benzene rings is 1. The van der Waals surface area contributed by atoms with Crippen LogP contribution in [0.15, 0.2) is 30.3 Å². The van der Waals surface area contributed by atoms with Gasteiger partial charge in [-0.15, -0.1) is 6.42 Å². The molecule has 0 aliphatic heterocycles. The maximum atomic E-state index is 11.8. The number of carbonyl (C=O) groups is 2. The van der Waals surface area contributed by atoms with Gasteiger partial charge < -0.3 is 28.4 Å². The summed E-state index contributed by atoms with van der Waals surface area (Å²) in [4.78, 5) is 23.4. The summed E-state index contributed by atoms with van der Waals surface area (Å²) in [6, 6.07) is 8.25. The Hall–Kier alpha value is -2.28. The third kappa shape index (κ3) is 13.5. The van der Waals surface area contributed by atoms with Crippen molar-refractivity contribution in [2.75, 3.05) is 72.7 Å². The number of carbonyl (C=O) groups excluding carboxylic acids is 2. The number of rotatable bonds is 18. The normalized spacial score (nSPS) is 10.4. The Morgan fingerprint density at radius 1 is 0.690 bits per heavy atom. The van der Waals surface area contributed by atoms with Crippen molar-refractivity contribution >= 4 is 11.8 Å². The summed E-state index contributed by atoms with van der Waals surface area (Å²) in [5.74, 6) is 0.813. The fourth-order valence-electron chi connectivity index (χ4n) is 1.98. The topological polar surface area (TPSA) is 89.5 Å². The van der Waals surface area contributed by atoms with Gasteiger partial charge in [0.05, 0.1) is 59.5 Å². The second kappa shape index (κ2) is 17.8. The summed E-state index contributed by atoms with van der Waals surface area (Å²) < 4.78 is 31.2. The molecule has 0 saturated heterocycles. The molecule has 0 aromatic heterocycles. The van der Waals surface area contributed by atoms with Crippen LogP contribution in [0.2, 0.25) is 0 Å². The fourth-order valence-corrected chi connectivity index (χ4v) is 1.98. The van der Waals surface area contributed by atoms with Crippen LogP contribution in [0.1, 0.15) is 10.4 Å². The van der Waals surface area contributed by atoms with Crippen LogP contribution < -0.4 is 0 Å². The van der Waals surface area contributed by atoms with Crippen LogP contribution in [0.3, 0.4) is 0 Å². The molecule has 8 heteroatoms. The highest BCUT2D eigenvalue weighted by Gasteiger charge is 2.16. The lowest BCUT2D eigenvalue weighted by Gasteiger charge is -2.08. The second-order valence-electron chi connectivity index (χ2n) is 5.54. The number of hydrogen-bond donors (Lipinski definition) is 0. The Bertz CT molecular complexity index is 596. The lowest BCUT2D eigenvalue weighted by atomic mass is 10.1. The first kappa shape index (κ1) is 24.8. The predicted octanol–water partition coefficient (Wildman–Crippen LogP) is 1.13. The van der Waals surface area contributed by atoms with Crippen molar-refractivity contribution in [2.24, 2.45) is 0 Å². The molecule has 0 bridgehead atoms. The van der Waals surface area contributed by atoms with Crippen molar-refractivity contribution in [3.8, 4) is 12.3 Å². The largest absolute Gasteiger partial charge is 0.457 e. The molecule has 1 aromatic carbocycles. The van der Waals surface area contributed by atoms with Crippen molar-refractivity contribution in [1.29, 1.82) is 0 Å². The van der Waals surface area contributed by atoms with Crippen LogP contribution in [0, 0.1) is 12.3 Å². The highest BCUT2D eigenvalue weighted by atomic mass is 16.6. The van der Waals surface area contributed by atoms with E-state index in [-0.39, 0.29) is 13.2 Å². The standard InChI is InChI=1S/C21H28O8/c1-2-8-24-9-10-25-11-12-26-13-14-27-15-16-28-17-18-29-21(23)20(22)19-6-4-3-5-7-19/h1,3-7H,8-18H2. The zero-order valence-corrected chi connectivity index (χ0v) is 16.5. The predicted molar refractivity (Wildman–Crippen MR) is 105 cm³/mol. The first-order valence-electron chi connectivity index (χ1n) is 9.34. The minimum Gasteiger partial charge on any atom is -0.457 e. The number of terminal acetylenes is 1. The van der Waals surface area contributed by atoms with E-state index >= 15 is 0 Å². The maximum Gasteiger partial charge on any atom is 0.379 e. The minimum absolute atomic E-state index is 0.00823. The first-order valence-corrected chi connectivity index (χ1v) is 9.34.